The Hall–Kier alpha value is -3.72. The van der Waals surface area contributed by atoms with E-state index < -0.39 is 40.2 Å². The molecular formula is C30H36FN3O4S. The fourth-order valence-corrected chi connectivity index (χ4v) is 5.50. The first-order valence-electron chi connectivity index (χ1n) is 13.0. The van der Waals surface area contributed by atoms with Gasteiger partial charge in [0.25, 0.3) is 10.0 Å². The minimum atomic E-state index is -4.15. The Balaban J connectivity index is 2.03. The second-order valence-corrected chi connectivity index (χ2v) is 11.5. The summed E-state index contributed by atoms with van der Waals surface area (Å²) in [7, 11) is -4.15. The number of rotatable bonds is 12. The topological polar surface area (TPSA) is 86.8 Å². The van der Waals surface area contributed by atoms with Crippen LogP contribution >= 0.6 is 0 Å². The zero-order chi connectivity index (χ0) is 28.6. The third-order valence-corrected chi connectivity index (χ3v) is 8.26. The number of carbonyl (C=O) groups is 2. The molecule has 0 aliphatic carbocycles. The van der Waals surface area contributed by atoms with Gasteiger partial charge >= 0.3 is 0 Å². The van der Waals surface area contributed by atoms with Crippen molar-refractivity contribution in [3.05, 3.63) is 95.8 Å². The monoisotopic (exact) mass is 553 g/mol. The third-order valence-electron chi connectivity index (χ3n) is 6.47. The molecular weight excluding hydrogens is 517 g/mol. The van der Waals surface area contributed by atoms with Gasteiger partial charge in [-0.05, 0) is 55.2 Å². The van der Waals surface area contributed by atoms with Crippen molar-refractivity contribution in [2.45, 2.75) is 57.5 Å². The fraction of sp³-hybridized carbons (Fsp3) is 0.333. The van der Waals surface area contributed by atoms with E-state index in [-0.39, 0.29) is 22.9 Å². The molecule has 0 saturated heterocycles. The predicted molar refractivity (Wildman–Crippen MR) is 151 cm³/mol. The average molecular weight is 554 g/mol. The first-order valence-corrected chi connectivity index (χ1v) is 14.5. The standard InChI is InChI=1S/C30H36FN3O4S/c1-5-19-32-30(36)23(4)33(20-25-11-9-10-14-28(25)31)29(35)21-34(26-17-15-24(16-18-26)22(2)3)39(37,38)27-12-7-6-8-13-27/h6-18,22-23H,5,19-21H2,1-4H3,(H,32,36). The lowest BCUT2D eigenvalue weighted by Gasteiger charge is -2.32. The highest BCUT2D eigenvalue weighted by Gasteiger charge is 2.32. The Morgan fingerprint density at radius 2 is 1.51 bits per heavy atom. The van der Waals surface area contributed by atoms with E-state index in [4.69, 9.17) is 0 Å². The highest BCUT2D eigenvalue weighted by molar-refractivity contribution is 7.92. The molecule has 0 saturated carbocycles. The molecule has 1 unspecified atom stereocenters. The van der Waals surface area contributed by atoms with E-state index in [2.05, 4.69) is 5.32 Å². The van der Waals surface area contributed by atoms with Gasteiger partial charge in [0, 0.05) is 18.7 Å². The SMILES string of the molecule is CCCNC(=O)C(C)N(Cc1ccccc1F)C(=O)CN(c1ccc(C(C)C)cc1)S(=O)(=O)c1ccccc1. The lowest BCUT2D eigenvalue weighted by molar-refractivity contribution is -0.139. The molecule has 2 amide bonds. The van der Waals surface area contributed by atoms with E-state index in [0.717, 1.165) is 9.87 Å². The smallest absolute Gasteiger partial charge is 0.264 e. The summed E-state index contributed by atoms with van der Waals surface area (Å²) in [4.78, 5) is 28.0. The number of halogens is 1. The molecule has 0 bridgehead atoms. The molecule has 0 aliphatic rings. The van der Waals surface area contributed by atoms with Crippen molar-refractivity contribution in [1.29, 1.82) is 0 Å². The van der Waals surface area contributed by atoms with Crippen molar-refractivity contribution in [1.82, 2.24) is 10.2 Å². The first-order chi connectivity index (χ1) is 18.6. The van der Waals surface area contributed by atoms with Crippen molar-refractivity contribution in [2.75, 3.05) is 17.4 Å². The van der Waals surface area contributed by atoms with Gasteiger partial charge in [-0.1, -0.05) is 69.3 Å². The Labute approximate surface area is 230 Å². The predicted octanol–water partition coefficient (Wildman–Crippen LogP) is 5.09. The third kappa shape index (κ3) is 7.44. The van der Waals surface area contributed by atoms with Gasteiger partial charge in [-0.3, -0.25) is 13.9 Å². The van der Waals surface area contributed by atoms with Gasteiger partial charge in [0.1, 0.15) is 18.4 Å². The largest absolute Gasteiger partial charge is 0.354 e. The number of anilines is 1. The minimum Gasteiger partial charge on any atom is -0.354 e. The van der Waals surface area contributed by atoms with Gasteiger partial charge in [-0.25, -0.2) is 12.8 Å². The first kappa shape index (κ1) is 29.8. The fourth-order valence-electron chi connectivity index (χ4n) is 4.06. The molecule has 0 aromatic heterocycles. The zero-order valence-corrected chi connectivity index (χ0v) is 23.6. The number of nitrogens with zero attached hydrogens (tertiary/aromatic N) is 2. The summed E-state index contributed by atoms with van der Waals surface area (Å²) in [6.45, 7) is 7.17. The van der Waals surface area contributed by atoms with Crippen molar-refractivity contribution >= 4 is 27.5 Å². The Bertz CT molecular complexity index is 1360. The molecule has 7 nitrogen and oxygen atoms in total. The summed E-state index contributed by atoms with van der Waals surface area (Å²) >= 11 is 0. The van der Waals surface area contributed by atoms with Crippen molar-refractivity contribution in [3.63, 3.8) is 0 Å². The van der Waals surface area contributed by atoms with Gasteiger partial charge in [0.15, 0.2) is 0 Å². The van der Waals surface area contributed by atoms with E-state index in [1.165, 1.54) is 35.2 Å². The molecule has 9 heteroatoms. The number of amides is 2. The van der Waals surface area contributed by atoms with Crippen LogP contribution in [0.15, 0.2) is 83.8 Å². The molecule has 0 aliphatic heterocycles. The molecule has 1 atom stereocenters. The van der Waals surface area contributed by atoms with Gasteiger partial charge in [-0.15, -0.1) is 0 Å². The normalized spacial score (nSPS) is 12.2. The number of sulfonamides is 1. The van der Waals surface area contributed by atoms with E-state index in [9.17, 15) is 22.4 Å². The molecule has 39 heavy (non-hydrogen) atoms. The Morgan fingerprint density at radius 1 is 0.897 bits per heavy atom. The summed E-state index contributed by atoms with van der Waals surface area (Å²) in [6, 6.07) is 19.9. The highest BCUT2D eigenvalue weighted by Crippen LogP contribution is 2.26. The van der Waals surface area contributed by atoms with Crippen molar-refractivity contribution in [2.24, 2.45) is 0 Å². The van der Waals surface area contributed by atoms with Crippen LogP contribution in [0.5, 0.6) is 0 Å². The quantitative estimate of drug-likeness (QED) is 0.339. The minimum absolute atomic E-state index is 0.0279. The molecule has 208 valence electrons. The van der Waals surface area contributed by atoms with Crippen LogP contribution < -0.4 is 9.62 Å². The average Bonchev–Trinajstić information content (AvgIpc) is 2.94. The highest BCUT2D eigenvalue weighted by atomic mass is 32.2. The second-order valence-electron chi connectivity index (χ2n) is 9.65. The number of carbonyl (C=O) groups excluding carboxylic acids is 2. The van der Waals surface area contributed by atoms with Gasteiger partial charge in [0.05, 0.1) is 10.6 Å². The maximum atomic E-state index is 14.6. The molecule has 0 fully saturated rings. The number of hydrogen-bond donors (Lipinski definition) is 1. The lowest BCUT2D eigenvalue weighted by Crippen LogP contribution is -2.51. The van der Waals surface area contributed by atoms with E-state index in [1.807, 2.05) is 32.9 Å². The molecule has 0 radical (unpaired) electrons. The van der Waals surface area contributed by atoms with Crippen LogP contribution in [0.3, 0.4) is 0 Å². The summed E-state index contributed by atoms with van der Waals surface area (Å²) in [6.07, 6.45) is 0.704. The molecule has 3 aromatic carbocycles. The lowest BCUT2D eigenvalue weighted by atomic mass is 10.0. The maximum absolute atomic E-state index is 14.6. The van der Waals surface area contributed by atoms with Crippen LogP contribution in [0, 0.1) is 5.82 Å². The Morgan fingerprint density at radius 3 is 2.10 bits per heavy atom. The van der Waals surface area contributed by atoms with Crippen molar-refractivity contribution in [3.8, 4) is 0 Å². The van der Waals surface area contributed by atoms with Crippen LogP contribution in [0.1, 0.15) is 51.2 Å². The maximum Gasteiger partial charge on any atom is 0.264 e. The molecule has 1 N–H and O–H groups in total. The van der Waals surface area contributed by atoms with Crippen LogP contribution in [0.4, 0.5) is 10.1 Å². The second kappa shape index (κ2) is 13.4. The van der Waals surface area contributed by atoms with Crippen LogP contribution in [-0.4, -0.2) is 44.3 Å². The summed E-state index contributed by atoms with van der Waals surface area (Å²) < 4.78 is 43.2. The number of benzene rings is 3. The zero-order valence-electron chi connectivity index (χ0n) is 22.8. The summed E-state index contributed by atoms with van der Waals surface area (Å²) in [5.41, 5.74) is 1.55. The number of hydrogen-bond acceptors (Lipinski definition) is 4. The molecule has 3 rings (SSSR count). The van der Waals surface area contributed by atoms with E-state index >= 15 is 0 Å². The Kier molecular flexibility index (Phi) is 10.2. The molecule has 0 spiro atoms. The number of nitrogens with one attached hydrogen (secondary N) is 1. The molecule has 3 aromatic rings. The van der Waals surface area contributed by atoms with Crippen molar-refractivity contribution < 1.29 is 22.4 Å². The van der Waals surface area contributed by atoms with Gasteiger partial charge in [-0.2, -0.15) is 0 Å². The van der Waals surface area contributed by atoms with Gasteiger partial charge < -0.3 is 10.2 Å². The van der Waals surface area contributed by atoms with Gasteiger partial charge in [0.2, 0.25) is 11.8 Å². The van der Waals surface area contributed by atoms with Crippen LogP contribution in [0.2, 0.25) is 0 Å². The van der Waals surface area contributed by atoms with Crippen LogP contribution in [0.25, 0.3) is 0 Å². The van der Waals surface area contributed by atoms with E-state index in [0.29, 0.717) is 18.7 Å². The van der Waals surface area contributed by atoms with Crippen LogP contribution in [-0.2, 0) is 26.2 Å². The summed E-state index contributed by atoms with van der Waals surface area (Å²) in [5, 5.41) is 2.77. The van der Waals surface area contributed by atoms with E-state index in [1.54, 1.807) is 43.3 Å². The molecule has 0 heterocycles. The summed E-state index contributed by atoms with van der Waals surface area (Å²) in [5.74, 6) is -1.32.